The van der Waals surface area contributed by atoms with Crippen LogP contribution < -0.4 is 20.3 Å². The molecule has 4 aromatic rings. The number of nitrogens with zero attached hydrogens (tertiary/aromatic N) is 3. The first-order valence-electron chi connectivity index (χ1n) is 10.2. The molecular weight excluding hydrogens is 428 g/mol. The van der Waals surface area contributed by atoms with E-state index in [-0.39, 0.29) is 24.8 Å². The lowest BCUT2D eigenvalue weighted by molar-refractivity contribution is -0.117. The second-order valence-electron chi connectivity index (χ2n) is 7.39. The molecule has 2 aromatic carbocycles. The Labute approximate surface area is 187 Å². The van der Waals surface area contributed by atoms with Gasteiger partial charge in [0.1, 0.15) is 12.2 Å². The van der Waals surface area contributed by atoms with Crippen molar-refractivity contribution in [3.8, 4) is 22.8 Å². The normalized spacial score (nSPS) is 12.3. The standard InChI is InChI=1S/C23H20N4O4S/c1-3-14-4-6-15(7-5-14)20-22-21(24-13(2)32-22)23(29)27(26-20)11-19(28)25-16-8-9-17-18(10-16)31-12-30-17/h4-10H,3,11-12H2,1-2H3,(H,25,28). The molecule has 1 N–H and O–H groups in total. The van der Waals surface area contributed by atoms with Gasteiger partial charge in [-0.3, -0.25) is 9.59 Å². The molecule has 0 spiro atoms. The average Bonchev–Trinajstić information content (AvgIpc) is 3.42. The maximum atomic E-state index is 13.0. The number of nitrogens with one attached hydrogen (secondary N) is 1. The summed E-state index contributed by atoms with van der Waals surface area (Å²) in [6.07, 6.45) is 0.933. The van der Waals surface area contributed by atoms with Crippen LogP contribution in [0.5, 0.6) is 11.5 Å². The molecule has 0 atom stereocenters. The molecule has 0 bridgehead atoms. The fourth-order valence-corrected chi connectivity index (χ4v) is 4.49. The SMILES string of the molecule is CCc1ccc(-c2nn(CC(=O)Nc3ccc4c(c3)OCO4)c(=O)c3nc(C)sc23)cc1. The van der Waals surface area contributed by atoms with Gasteiger partial charge in [-0.05, 0) is 31.0 Å². The smallest absolute Gasteiger partial charge is 0.294 e. The molecule has 1 aliphatic heterocycles. The number of fused-ring (bicyclic) bond motifs is 2. The van der Waals surface area contributed by atoms with E-state index in [0.717, 1.165) is 21.7 Å². The number of carbonyl (C=O) groups excluding carboxylic acids is 1. The highest BCUT2D eigenvalue weighted by atomic mass is 32.1. The first kappa shape index (κ1) is 20.2. The fraction of sp³-hybridized carbons (Fsp3) is 0.217. The molecule has 0 unspecified atom stereocenters. The van der Waals surface area contributed by atoms with Crippen LogP contribution in [-0.4, -0.2) is 27.5 Å². The number of hydrogen-bond acceptors (Lipinski definition) is 7. The highest BCUT2D eigenvalue weighted by Crippen LogP contribution is 2.34. The summed E-state index contributed by atoms with van der Waals surface area (Å²) in [7, 11) is 0. The van der Waals surface area contributed by atoms with E-state index in [4.69, 9.17) is 9.47 Å². The first-order valence-corrected chi connectivity index (χ1v) is 11.0. The maximum Gasteiger partial charge on any atom is 0.294 e. The molecular formula is C23H20N4O4S. The third kappa shape index (κ3) is 3.71. The molecule has 0 fully saturated rings. The largest absolute Gasteiger partial charge is 0.454 e. The minimum atomic E-state index is -0.390. The van der Waals surface area contributed by atoms with E-state index in [1.165, 1.54) is 21.6 Å². The van der Waals surface area contributed by atoms with E-state index in [1.807, 2.05) is 31.2 Å². The van der Waals surface area contributed by atoms with Crippen molar-refractivity contribution in [2.24, 2.45) is 0 Å². The third-order valence-corrected chi connectivity index (χ3v) is 6.17. The lowest BCUT2D eigenvalue weighted by atomic mass is 10.1. The monoisotopic (exact) mass is 448 g/mol. The Hall–Kier alpha value is -3.72. The minimum Gasteiger partial charge on any atom is -0.454 e. The number of aromatic nitrogens is 3. The number of anilines is 1. The molecule has 8 nitrogen and oxygen atoms in total. The number of rotatable bonds is 5. The predicted octanol–water partition coefficient (Wildman–Crippen LogP) is 3.76. The molecule has 0 radical (unpaired) electrons. The van der Waals surface area contributed by atoms with Crippen LogP contribution in [0.1, 0.15) is 17.5 Å². The van der Waals surface area contributed by atoms with Crippen LogP contribution in [-0.2, 0) is 17.8 Å². The number of carbonyl (C=O) groups is 1. The van der Waals surface area contributed by atoms with E-state index in [9.17, 15) is 9.59 Å². The van der Waals surface area contributed by atoms with Gasteiger partial charge in [0.05, 0.1) is 9.71 Å². The number of ether oxygens (including phenoxy) is 2. The molecule has 1 amide bonds. The Balaban J connectivity index is 1.48. The van der Waals surface area contributed by atoms with Gasteiger partial charge >= 0.3 is 0 Å². The van der Waals surface area contributed by atoms with Crippen molar-refractivity contribution in [3.05, 3.63) is 63.4 Å². The zero-order valence-electron chi connectivity index (χ0n) is 17.5. The summed E-state index contributed by atoms with van der Waals surface area (Å²) >= 11 is 1.43. The van der Waals surface area contributed by atoms with Crippen LogP contribution >= 0.6 is 11.3 Å². The highest BCUT2D eigenvalue weighted by Gasteiger charge is 2.19. The van der Waals surface area contributed by atoms with E-state index < -0.39 is 0 Å². The molecule has 32 heavy (non-hydrogen) atoms. The number of thiazole rings is 1. The van der Waals surface area contributed by atoms with Gasteiger partial charge in [-0.1, -0.05) is 31.2 Å². The van der Waals surface area contributed by atoms with Crippen molar-refractivity contribution in [3.63, 3.8) is 0 Å². The summed E-state index contributed by atoms with van der Waals surface area (Å²) in [6.45, 7) is 3.86. The Morgan fingerprint density at radius 2 is 1.94 bits per heavy atom. The van der Waals surface area contributed by atoms with Crippen molar-refractivity contribution in [1.29, 1.82) is 0 Å². The van der Waals surface area contributed by atoms with Crippen LogP contribution in [0.4, 0.5) is 5.69 Å². The zero-order valence-corrected chi connectivity index (χ0v) is 18.4. The number of hydrogen-bond donors (Lipinski definition) is 1. The van der Waals surface area contributed by atoms with Gasteiger partial charge < -0.3 is 14.8 Å². The van der Waals surface area contributed by atoms with Crippen molar-refractivity contribution < 1.29 is 14.3 Å². The minimum absolute atomic E-state index is 0.154. The van der Waals surface area contributed by atoms with Gasteiger partial charge in [-0.2, -0.15) is 5.10 Å². The predicted molar refractivity (Wildman–Crippen MR) is 122 cm³/mol. The summed E-state index contributed by atoms with van der Waals surface area (Å²) in [4.78, 5) is 30.1. The Kier molecular flexibility index (Phi) is 5.10. The summed E-state index contributed by atoms with van der Waals surface area (Å²) in [5.41, 5.74) is 3.21. The van der Waals surface area contributed by atoms with Gasteiger partial charge in [0, 0.05) is 17.3 Å². The van der Waals surface area contributed by atoms with E-state index in [1.54, 1.807) is 18.2 Å². The molecule has 9 heteroatoms. The van der Waals surface area contributed by atoms with Crippen LogP contribution in [0.25, 0.3) is 21.5 Å². The average molecular weight is 449 g/mol. The molecule has 0 saturated heterocycles. The number of aryl methyl sites for hydroxylation is 2. The number of benzene rings is 2. The van der Waals surface area contributed by atoms with Gasteiger partial charge in [-0.15, -0.1) is 11.3 Å². The van der Waals surface area contributed by atoms with Crippen LogP contribution in [0, 0.1) is 6.92 Å². The van der Waals surface area contributed by atoms with Crippen molar-refractivity contribution in [2.45, 2.75) is 26.8 Å². The third-order valence-electron chi connectivity index (χ3n) is 5.19. The Morgan fingerprint density at radius 3 is 2.72 bits per heavy atom. The fourth-order valence-electron chi connectivity index (χ4n) is 3.57. The Morgan fingerprint density at radius 1 is 1.16 bits per heavy atom. The molecule has 1 aliphatic rings. The molecule has 3 heterocycles. The van der Waals surface area contributed by atoms with Crippen LogP contribution in [0.15, 0.2) is 47.3 Å². The maximum absolute atomic E-state index is 13.0. The number of amides is 1. The van der Waals surface area contributed by atoms with Crippen molar-refractivity contribution >= 4 is 33.1 Å². The lowest BCUT2D eigenvalue weighted by Gasteiger charge is -2.10. The second-order valence-corrected chi connectivity index (χ2v) is 8.59. The van der Waals surface area contributed by atoms with E-state index in [0.29, 0.717) is 28.4 Å². The van der Waals surface area contributed by atoms with Crippen molar-refractivity contribution in [2.75, 3.05) is 12.1 Å². The molecule has 0 aliphatic carbocycles. The molecule has 5 rings (SSSR count). The summed E-state index contributed by atoms with van der Waals surface area (Å²) < 4.78 is 12.5. The van der Waals surface area contributed by atoms with E-state index in [2.05, 4.69) is 22.3 Å². The second kappa shape index (κ2) is 8.08. The van der Waals surface area contributed by atoms with Crippen molar-refractivity contribution in [1.82, 2.24) is 14.8 Å². The van der Waals surface area contributed by atoms with E-state index >= 15 is 0 Å². The summed E-state index contributed by atoms with van der Waals surface area (Å²) in [5, 5.41) is 8.10. The van der Waals surface area contributed by atoms with Crippen LogP contribution in [0.2, 0.25) is 0 Å². The molecule has 0 saturated carbocycles. The summed E-state index contributed by atoms with van der Waals surface area (Å²) in [6, 6.07) is 13.2. The zero-order chi connectivity index (χ0) is 22.2. The Bertz CT molecular complexity index is 1390. The van der Waals surface area contributed by atoms with Gasteiger partial charge in [0.2, 0.25) is 12.7 Å². The molecule has 2 aromatic heterocycles. The van der Waals surface area contributed by atoms with Gasteiger partial charge in [0.25, 0.3) is 5.56 Å². The summed E-state index contributed by atoms with van der Waals surface area (Å²) in [5.74, 6) is 0.816. The molecule has 162 valence electrons. The topological polar surface area (TPSA) is 95.3 Å². The highest BCUT2D eigenvalue weighted by molar-refractivity contribution is 7.19. The quantitative estimate of drug-likeness (QED) is 0.500. The van der Waals surface area contributed by atoms with Crippen LogP contribution in [0.3, 0.4) is 0 Å². The van der Waals surface area contributed by atoms with Gasteiger partial charge in [0.15, 0.2) is 17.0 Å². The van der Waals surface area contributed by atoms with Gasteiger partial charge in [-0.25, -0.2) is 9.67 Å². The lowest BCUT2D eigenvalue weighted by Crippen LogP contribution is -2.30. The first-order chi connectivity index (χ1) is 15.5.